The van der Waals surface area contributed by atoms with Gasteiger partial charge in [-0.05, 0) is 34.1 Å². The molecular weight excluding hydrogens is 466 g/mol. The number of nitro benzene ring substituents is 1. The van der Waals surface area contributed by atoms with E-state index in [1.807, 2.05) is 0 Å². The molecule has 0 fully saturated rings. The van der Waals surface area contributed by atoms with Crippen LogP contribution in [0.5, 0.6) is 11.5 Å². The van der Waals surface area contributed by atoms with Gasteiger partial charge in [0.25, 0.3) is 17.5 Å². The summed E-state index contributed by atoms with van der Waals surface area (Å²) < 4.78 is 15.1. The number of hydrogen-bond acceptors (Lipinski definition) is 13. The van der Waals surface area contributed by atoms with Gasteiger partial charge in [-0.2, -0.15) is 5.11 Å². The summed E-state index contributed by atoms with van der Waals surface area (Å²) in [5.74, 6) is -0.647. The third-order valence-corrected chi connectivity index (χ3v) is 5.17. The van der Waals surface area contributed by atoms with Gasteiger partial charge in [0.2, 0.25) is 18.4 Å². The van der Waals surface area contributed by atoms with Crippen molar-refractivity contribution in [2.45, 2.75) is 12.1 Å². The number of ether oxygens (including phenoxy) is 2. The Hall–Kier alpha value is -5.28. The maximum absolute atomic E-state index is 13.0. The maximum Gasteiger partial charge on any atom is 0.269 e. The number of anilines is 2. The number of hydrogen-bond donors (Lipinski definition) is 3. The van der Waals surface area contributed by atoms with Crippen LogP contribution in [0.25, 0.3) is 0 Å². The summed E-state index contributed by atoms with van der Waals surface area (Å²) in [6.45, 7) is 0.0465. The van der Waals surface area contributed by atoms with Crippen molar-refractivity contribution in [2.24, 2.45) is 10.3 Å². The van der Waals surface area contributed by atoms with Crippen LogP contribution in [0.4, 0.5) is 17.3 Å². The van der Waals surface area contributed by atoms with E-state index in [0.29, 0.717) is 17.1 Å². The van der Waals surface area contributed by atoms with Crippen LogP contribution in [-0.2, 0) is 4.79 Å². The van der Waals surface area contributed by atoms with Crippen LogP contribution in [0.1, 0.15) is 22.0 Å². The highest BCUT2D eigenvalue weighted by Crippen LogP contribution is 2.38. The number of aromatic nitrogens is 2. The third-order valence-electron chi connectivity index (χ3n) is 5.17. The van der Waals surface area contributed by atoms with Crippen molar-refractivity contribution in [1.29, 1.82) is 0 Å². The van der Waals surface area contributed by atoms with Gasteiger partial charge >= 0.3 is 0 Å². The molecule has 0 unspecified atom stereocenters. The lowest BCUT2D eigenvalue weighted by atomic mass is 9.98. The summed E-state index contributed by atoms with van der Waals surface area (Å²) in [5.41, 5.74) is 10.7. The van der Waals surface area contributed by atoms with Gasteiger partial charge in [-0.1, -0.05) is 17.4 Å². The molecule has 0 aliphatic carbocycles. The molecule has 3 heterocycles. The van der Waals surface area contributed by atoms with E-state index in [1.54, 1.807) is 12.1 Å². The molecule has 2 aliphatic heterocycles. The lowest BCUT2D eigenvalue weighted by Crippen LogP contribution is -2.48. The third kappa shape index (κ3) is 3.99. The van der Waals surface area contributed by atoms with Gasteiger partial charge in [0.15, 0.2) is 17.5 Å². The number of carbonyl (C=O) groups is 2. The zero-order valence-electron chi connectivity index (χ0n) is 17.5. The number of benzene rings is 2. The molecule has 2 atom stereocenters. The first kappa shape index (κ1) is 21.6. The molecule has 2 aromatic carbocycles. The first-order valence-electron chi connectivity index (χ1n) is 9.94. The molecule has 2 aliphatic rings. The highest BCUT2D eigenvalue weighted by atomic mass is 16.7. The predicted molar refractivity (Wildman–Crippen MR) is 114 cm³/mol. The van der Waals surface area contributed by atoms with Gasteiger partial charge in [0.05, 0.1) is 4.92 Å². The van der Waals surface area contributed by atoms with E-state index >= 15 is 0 Å². The Morgan fingerprint density at radius 3 is 2.71 bits per heavy atom. The van der Waals surface area contributed by atoms with Crippen molar-refractivity contribution in [3.05, 3.63) is 63.7 Å². The number of hydrazine groups is 1. The van der Waals surface area contributed by atoms with Gasteiger partial charge in [0.1, 0.15) is 6.04 Å². The second-order valence-corrected chi connectivity index (χ2v) is 7.28. The van der Waals surface area contributed by atoms with E-state index in [1.165, 1.54) is 30.3 Å². The first-order valence-corrected chi connectivity index (χ1v) is 9.94. The highest BCUT2D eigenvalue weighted by molar-refractivity contribution is 5.96. The Balaban J connectivity index is 1.37. The largest absolute Gasteiger partial charge is 0.454 e. The minimum Gasteiger partial charge on any atom is -0.454 e. The molecule has 16 heteroatoms. The topological polar surface area (TPSA) is 213 Å². The first-order chi connectivity index (χ1) is 16.9. The Morgan fingerprint density at radius 1 is 1.11 bits per heavy atom. The Labute approximate surface area is 194 Å². The number of rotatable bonds is 5. The molecule has 2 amide bonds. The molecular formula is C19H15N9O7. The summed E-state index contributed by atoms with van der Waals surface area (Å²) in [4.78, 5) is 36.2. The normalized spacial score (nSPS) is 17.9. The fraction of sp³-hybridized carbons (Fsp3) is 0.158. The van der Waals surface area contributed by atoms with Crippen molar-refractivity contribution < 1.29 is 28.6 Å². The predicted octanol–water partition coefficient (Wildman–Crippen LogP) is 1.05. The summed E-state index contributed by atoms with van der Waals surface area (Å²) >= 11 is 0. The average Bonchev–Trinajstić information content (AvgIpc) is 3.60. The minimum atomic E-state index is -1.25. The van der Waals surface area contributed by atoms with Crippen molar-refractivity contribution in [3.8, 4) is 11.5 Å². The maximum atomic E-state index is 13.0. The van der Waals surface area contributed by atoms with Crippen LogP contribution in [0, 0.1) is 10.1 Å². The minimum absolute atomic E-state index is 0.0371. The van der Waals surface area contributed by atoms with Crippen LogP contribution in [0.2, 0.25) is 0 Å². The van der Waals surface area contributed by atoms with Gasteiger partial charge in [0, 0.05) is 17.7 Å². The van der Waals surface area contributed by atoms with Crippen molar-refractivity contribution in [1.82, 2.24) is 21.2 Å². The zero-order chi connectivity index (χ0) is 24.5. The van der Waals surface area contributed by atoms with E-state index < -0.39 is 28.8 Å². The van der Waals surface area contributed by atoms with Crippen molar-refractivity contribution >= 4 is 29.1 Å². The van der Waals surface area contributed by atoms with E-state index in [0.717, 1.165) is 5.01 Å². The SMILES string of the molecule is Nc1nonc1N1N=N[C@H](C(=O)NNC(=O)c2ccc3c(c2)OCO3)[C@@H]1c1cccc([N+](=O)[O-])c1. The Morgan fingerprint density at radius 2 is 1.94 bits per heavy atom. The fourth-order valence-corrected chi connectivity index (χ4v) is 3.53. The fourth-order valence-electron chi connectivity index (χ4n) is 3.53. The van der Waals surface area contributed by atoms with E-state index in [4.69, 9.17) is 15.2 Å². The number of non-ortho nitro benzene ring substituents is 1. The molecule has 0 bridgehead atoms. The zero-order valence-corrected chi connectivity index (χ0v) is 17.5. The van der Waals surface area contributed by atoms with E-state index in [-0.39, 0.29) is 29.7 Å². The molecule has 4 N–H and O–H groups in total. The number of nitrogens with one attached hydrogen (secondary N) is 2. The second-order valence-electron chi connectivity index (χ2n) is 7.28. The number of fused-ring (bicyclic) bond motifs is 1. The van der Waals surface area contributed by atoms with Crippen molar-refractivity contribution in [2.75, 3.05) is 17.5 Å². The monoisotopic (exact) mass is 481 g/mol. The van der Waals surface area contributed by atoms with Gasteiger partial charge in [-0.15, -0.1) is 0 Å². The average molecular weight is 481 g/mol. The lowest BCUT2D eigenvalue weighted by Gasteiger charge is -2.23. The van der Waals surface area contributed by atoms with Crippen LogP contribution in [0.3, 0.4) is 0 Å². The van der Waals surface area contributed by atoms with E-state index in [2.05, 4.69) is 36.1 Å². The molecule has 0 saturated heterocycles. The summed E-state index contributed by atoms with van der Waals surface area (Å²) in [6, 6.07) is 7.84. The number of nitrogens with two attached hydrogens (primary N) is 1. The number of nitrogens with zero attached hydrogens (tertiary/aromatic N) is 6. The van der Waals surface area contributed by atoms with Crippen LogP contribution < -0.4 is 31.1 Å². The molecule has 3 aromatic rings. The number of nitro groups is 1. The smallest absolute Gasteiger partial charge is 0.269 e. The number of carbonyl (C=O) groups excluding carboxylic acids is 2. The van der Waals surface area contributed by atoms with Crippen LogP contribution >= 0.6 is 0 Å². The Kier molecular flexibility index (Phi) is 5.28. The standard InChI is InChI=1S/C19H15N9O7/c20-16-17(25-35-24-16)27-15(9-2-1-3-11(6-9)28(31)32)14(21-26-27)19(30)23-22-18(29)10-4-5-12-13(7-10)34-8-33-12/h1-7,14-15H,8H2,(H2,20,24)(H,22,29)(H,23,30)/t14-,15-/m0/s1. The number of nitrogen functional groups attached to an aromatic ring is 1. The molecule has 35 heavy (non-hydrogen) atoms. The van der Waals surface area contributed by atoms with Crippen molar-refractivity contribution in [3.63, 3.8) is 0 Å². The van der Waals surface area contributed by atoms with Crippen LogP contribution in [-0.4, -0.2) is 39.9 Å². The molecule has 0 radical (unpaired) electrons. The quantitative estimate of drug-likeness (QED) is 0.346. The van der Waals surface area contributed by atoms with E-state index in [9.17, 15) is 19.7 Å². The molecule has 5 rings (SSSR count). The lowest BCUT2D eigenvalue weighted by molar-refractivity contribution is -0.384. The second kappa shape index (κ2) is 8.58. The van der Waals surface area contributed by atoms with Gasteiger partial charge < -0.3 is 15.2 Å². The molecule has 0 spiro atoms. The summed E-state index contributed by atoms with van der Waals surface area (Å²) in [7, 11) is 0. The number of amides is 2. The molecule has 16 nitrogen and oxygen atoms in total. The summed E-state index contributed by atoms with van der Waals surface area (Å²) in [5, 5.41) is 27.5. The molecule has 0 saturated carbocycles. The Bertz CT molecular complexity index is 1360. The van der Waals surface area contributed by atoms with Gasteiger partial charge in [-0.25, -0.2) is 9.64 Å². The van der Waals surface area contributed by atoms with Crippen LogP contribution in [0.15, 0.2) is 57.4 Å². The molecule has 178 valence electrons. The molecule has 1 aromatic heterocycles. The summed E-state index contributed by atoms with van der Waals surface area (Å²) in [6.07, 6.45) is 0. The van der Waals surface area contributed by atoms with Gasteiger partial charge in [-0.3, -0.25) is 30.6 Å². The highest BCUT2D eigenvalue weighted by Gasteiger charge is 2.42.